The topological polar surface area (TPSA) is 70.1 Å². The van der Waals surface area contributed by atoms with Crippen molar-refractivity contribution in [2.75, 3.05) is 19.7 Å². The molecule has 0 spiro atoms. The molecule has 0 aromatic heterocycles. The molecule has 0 unspecified atom stereocenters. The van der Waals surface area contributed by atoms with Crippen LogP contribution in [0.15, 0.2) is 48.5 Å². The first-order valence-electron chi connectivity index (χ1n) is 10.1. The van der Waals surface area contributed by atoms with Crippen LogP contribution in [-0.4, -0.2) is 58.6 Å². The van der Waals surface area contributed by atoms with Gasteiger partial charge in [-0.3, -0.25) is 9.69 Å². The van der Waals surface area contributed by atoms with E-state index in [9.17, 15) is 9.59 Å². The highest BCUT2D eigenvalue weighted by Gasteiger charge is 2.33. The van der Waals surface area contributed by atoms with E-state index in [4.69, 9.17) is 21.4 Å². The van der Waals surface area contributed by atoms with Crippen LogP contribution in [0.2, 0.25) is 5.02 Å². The molecule has 6 nitrogen and oxygen atoms in total. The molecule has 1 N–H and O–H groups in total. The third-order valence-electron chi connectivity index (χ3n) is 5.66. The Morgan fingerprint density at radius 1 is 1.10 bits per heavy atom. The number of halogens is 1. The lowest BCUT2D eigenvalue weighted by Crippen LogP contribution is -2.58. The van der Waals surface area contributed by atoms with Crippen LogP contribution in [0.1, 0.15) is 25.0 Å². The predicted octanol–water partition coefficient (Wildman–Crippen LogP) is 3.47. The highest BCUT2D eigenvalue weighted by molar-refractivity contribution is 6.30. The van der Waals surface area contributed by atoms with Gasteiger partial charge in [-0.1, -0.05) is 41.9 Å². The molecule has 7 heteroatoms. The van der Waals surface area contributed by atoms with Gasteiger partial charge in [0.25, 0.3) is 0 Å². The minimum atomic E-state index is -1.02. The van der Waals surface area contributed by atoms with E-state index in [1.165, 1.54) is 0 Å². The number of carbonyl (C=O) groups is 2. The molecule has 1 fully saturated rings. The summed E-state index contributed by atoms with van der Waals surface area (Å²) in [5, 5.41) is 9.48. The zero-order valence-electron chi connectivity index (χ0n) is 17.3. The molecule has 2 aromatic rings. The van der Waals surface area contributed by atoms with Gasteiger partial charge in [-0.15, -0.1) is 0 Å². The molecule has 30 heavy (non-hydrogen) atoms. The molecule has 2 aromatic carbocycles. The molecule has 0 aliphatic carbocycles. The van der Waals surface area contributed by atoms with Gasteiger partial charge in [0, 0.05) is 42.3 Å². The quantitative estimate of drug-likeness (QED) is 0.728. The number of amides is 1. The molecule has 0 radical (unpaired) electrons. The smallest absolute Gasteiger partial charge is 0.341 e. The molecule has 1 heterocycles. The maximum Gasteiger partial charge on any atom is 0.341 e. The predicted molar refractivity (Wildman–Crippen MR) is 116 cm³/mol. The van der Waals surface area contributed by atoms with Crippen molar-refractivity contribution < 1.29 is 19.4 Å². The van der Waals surface area contributed by atoms with E-state index in [1.54, 1.807) is 12.1 Å². The van der Waals surface area contributed by atoms with Gasteiger partial charge in [0.2, 0.25) is 5.91 Å². The van der Waals surface area contributed by atoms with Crippen LogP contribution in [0, 0.1) is 0 Å². The van der Waals surface area contributed by atoms with Crippen molar-refractivity contribution in [1.82, 2.24) is 9.80 Å². The van der Waals surface area contributed by atoms with Crippen LogP contribution in [0.25, 0.3) is 0 Å². The lowest BCUT2D eigenvalue weighted by Gasteiger charge is -2.45. The second kappa shape index (κ2) is 9.96. The summed E-state index contributed by atoms with van der Waals surface area (Å²) < 4.78 is 5.43. The van der Waals surface area contributed by atoms with E-state index in [0.717, 1.165) is 17.7 Å². The molecule has 1 saturated heterocycles. The van der Waals surface area contributed by atoms with Crippen molar-refractivity contribution in [2.45, 2.75) is 38.9 Å². The maximum absolute atomic E-state index is 12.9. The molecular weight excluding hydrogens is 404 g/mol. The van der Waals surface area contributed by atoms with Crippen molar-refractivity contribution in [3.8, 4) is 5.75 Å². The lowest BCUT2D eigenvalue weighted by molar-refractivity contribution is -0.139. The number of hydrogen-bond donors (Lipinski definition) is 1. The number of benzene rings is 2. The molecule has 1 aliphatic rings. The van der Waals surface area contributed by atoms with Gasteiger partial charge in [-0.2, -0.15) is 0 Å². The summed E-state index contributed by atoms with van der Waals surface area (Å²) in [5.41, 5.74) is 1.86. The number of carboxylic acid groups (broad SMARTS) is 1. The number of piperazine rings is 1. The van der Waals surface area contributed by atoms with Crippen LogP contribution in [0.4, 0.5) is 0 Å². The number of nitrogens with zero attached hydrogens (tertiary/aromatic N) is 2. The molecule has 1 aliphatic heterocycles. The minimum Gasteiger partial charge on any atom is -0.482 e. The van der Waals surface area contributed by atoms with Gasteiger partial charge < -0.3 is 14.7 Å². The second-order valence-corrected chi connectivity index (χ2v) is 8.07. The summed E-state index contributed by atoms with van der Waals surface area (Å²) in [6.07, 6.45) is 0.402. The summed E-state index contributed by atoms with van der Waals surface area (Å²) >= 11 is 6.16. The number of carbonyl (C=O) groups excluding carboxylic acids is 1. The van der Waals surface area contributed by atoms with E-state index < -0.39 is 12.6 Å². The Morgan fingerprint density at radius 2 is 1.83 bits per heavy atom. The van der Waals surface area contributed by atoms with Crippen molar-refractivity contribution in [2.24, 2.45) is 0 Å². The number of carboxylic acids is 1. The first kappa shape index (κ1) is 22.1. The van der Waals surface area contributed by atoms with Crippen LogP contribution in [-0.2, 0) is 22.6 Å². The van der Waals surface area contributed by atoms with Gasteiger partial charge in [-0.25, -0.2) is 4.79 Å². The van der Waals surface area contributed by atoms with E-state index in [2.05, 4.69) is 18.7 Å². The fourth-order valence-corrected chi connectivity index (χ4v) is 4.02. The Labute approximate surface area is 182 Å². The van der Waals surface area contributed by atoms with Crippen LogP contribution in [0.5, 0.6) is 5.75 Å². The van der Waals surface area contributed by atoms with Crippen molar-refractivity contribution in [3.63, 3.8) is 0 Å². The summed E-state index contributed by atoms with van der Waals surface area (Å²) in [7, 11) is 0. The van der Waals surface area contributed by atoms with Crippen LogP contribution in [0.3, 0.4) is 0 Å². The third kappa shape index (κ3) is 5.52. The largest absolute Gasteiger partial charge is 0.482 e. The summed E-state index contributed by atoms with van der Waals surface area (Å²) in [4.78, 5) is 27.9. The summed E-state index contributed by atoms with van der Waals surface area (Å²) in [6, 6.07) is 15.2. The highest BCUT2D eigenvalue weighted by atomic mass is 35.5. The van der Waals surface area contributed by atoms with Crippen LogP contribution < -0.4 is 4.74 Å². The van der Waals surface area contributed by atoms with Gasteiger partial charge >= 0.3 is 5.97 Å². The van der Waals surface area contributed by atoms with Gasteiger partial charge in [0.15, 0.2) is 6.61 Å². The van der Waals surface area contributed by atoms with E-state index in [1.807, 2.05) is 41.3 Å². The number of ether oxygens (including phenoxy) is 1. The molecule has 0 bridgehead atoms. The van der Waals surface area contributed by atoms with Gasteiger partial charge in [-0.05, 0) is 37.6 Å². The molecule has 1 amide bonds. The Balaban J connectivity index is 1.67. The maximum atomic E-state index is 12.9. The molecular formula is C23H27ClN2O4. The monoisotopic (exact) mass is 430 g/mol. The highest BCUT2D eigenvalue weighted by Crippen LogP contribution is 2.27. The zero-order valence-corrected chi connectivity index (χ0v) is 18.0. The Morgan fingerprint density at radius 3 is 2.53 bits per heavy atom. The van der Waals surface area contributed by atoms with E-state index >= 15 is 0 Å². The normalized spacial score (nSPS) is 19.5. The van der Waals surface area contributed by atoms with Crippen molar-refractivity contribution in [1.29, 1.82) is 0 Å². The first-order valence-corrected chi connectivity index (χ1v) is 10.4. The van der Waals surface area contributed by atoms with Crippen LogP contribution >= 0.6 is 11.6 Å². The summed E-state index contributed by atoms with van der Waals surface area (Å²) in [6.45, 7) is 5.71. The van der Waals surface area contributed by atoms with Gasteiger partial charge in [0.05, 0.1) is 6.42 Å². The van der Waals surface area contributed by atoms with E-state index in [0.29, 0.717) is 30.3 Å². The molecule has 160 valence electrons. The number of rotatable bonds is 7. The van der Waals surface area contributed by atoms with Gasteiger partial charge in [0.1, 0.15) is 5.75 Å². The Kier molecular flexibility index (Phi) is 7.34. The third-order valence-corrected chi connectivity index (χ3v) is 5.89. The molecule has 3 rings (SSSR count). The fourth-order valence-electron chi connectivity index (χ4n) is 3.83. The fraction of sp³-hybridized carbons (Fsp3) is 0.391. The van der Waals surface area contributed by atoms with E-state index in [-0.39, 0.29) is 18.0 Å². The molecule has 0 saturated carbocycles. The van der Waals surface area contributed by atoms with Crippen molar-refractivity contribution in [3.05, 3.63) is 64.7 Å². The lowest BCUT2D eigenvalue weighted by atomic mass is 10.0. The first-order chi connectivity index (χ1) is 14.3. The summed E-state index contributed by atoms with van der Waals surface area (Å²) in [5.74, 6) is -0.374. The Hall–Kier alpha value is -2.57. The standard InChI is InChI=1S/C23H27ClN2O4/c1-16-17(2)26(22(27)12-18-6-4-3-5-7-18)11-10-25(16)14-19-13-20(24)8-9-21(19)30-15-23(28)29/h3-9,13,16-17H,10-12,14-15H2,1-2H3,(H,28,29)/t16-,17+/m0/s1. The second-order valence-electron chi connectivity index (χ2n) is 7.64. The Bertz CT molecular complexity index is 890. The average molecular weight is 431 g/mol. The molecule has 2 atom stereocenters. The minimum absolute atomic E-state index is 0.0533. The SMILES string of the molecule is C[C@@H]1[C@H](C)N(Cc2cc(Cl)ccc2OCC(=O)O)CCN1C(=O)Cc1ccccc1. The average Bonchev–Trinajstić information content (AvgIpc) is 2.71. The van der Waals surface area contributed by atoms with Crippen molar-refractivity contribution >= 4 is 23.5 Å². The number of hydrogen-bond acceptors (Lipinski definition) is 4. The zero-order chi connectivity index (χ0) is 21.7. The number of aliphatic carboxylic acids is 1.